The van der Waals surface area contributed by atoms with E-state index in [1.165, 1.54) is 51.6 Å². The molecule has 0 unspecified atom stereocenters. The van der Waals surface area contributed by atoms with Crippen molar-refractivity contribution in [2.45, 2.75) is 202 Å². The predicted octanol–water partition coefficient (Wildman–Crippen LogP) is 15.0. The average Bonchev–Trinajstić information content (AvgIpc) is 3.61. The Morgan fingerprint density at radius 3 is 1.35 bits per heavy atom. The van der Waals surface area contributed by atoms with E-state index in [0.717, 1.165) is 59.0 Å². The minimum Gasteiger partial charge on any atom is -0.469 e. The average molecular weight is 1000 g/mol. The number of pyridine rings is 1. The zero-order chi connectivity index (χ0) is 54.9. The standard InChI is InChI=1S/C34H43NO3.C32H47BO3/c1-8-33(37,9-2)17-16-27-12-13-29(18-24(27)5)34(10-3,11-4)30-14-15-31(25(6)19-30)28-20-26(22-35-23-28)21-32(36)38-7;1-11-31(34,12-2)20-19-25-15-16-26(21-23(25)5)32(13-3,14-4)27-17-18-28(24(6)22-27)33-35-29(7,8)30(9,10)36-33/h12-20,22-23,37H,8-11,21H2,1-7H3;15-22,34H,11-14H2,1-10H3/b17-16+;20-19+. The molecule has 0 saturated carbocycles. The maximum atomic E-state index is 11.7. The van der Waals surface area contributed by atoms with Crippen molar-refractivity contribution >= 4 is 30.7 Å². The van der Waals surface area contributed by atoms with Gasteiger partial charge in [-0.15, -0.1) is 0 Å². The number of carbonyl (C=O) groups is 1. The van der Waals surface area contributed by atoms with Crippen molar-refractivity contribution in [3.8, 4) is 11.1 Å². The first-order chi connectivity index (χ1) is 34.9. The molecular weight excluding hydrogens is 914 g/mol. The topological polar surface area (TPSA) is 98.1 Å². The van der Waals surface area contributed by atoms with Gasteiger partial charge in [0, 0.05) is 28.8 Å². The number of carbonyl (C=O) groups excluding carboxylic acids is 1. The normalized spacial score (nSPS) is 14.9. The smallest absolute Gasteiger partial charge is 0.469 e. The molecule has 1 fully saturated rings. The van der Waals surface area contributed by atoms with Crippen LogP contribution in [0.3, 0.4) is 0 Å². The quantitative estimate of drug-likeness (QED) is 0.0592. The summed E-state index contributed by atoms with van der Waals surface area (Å²) in [5.74, 6) is -0.269. The van der Waals surface area contributed by atoms with Crippen molar-refractivity contribution in [3.63, 3.8) is 0 Å². The fraction of sp³-hybridized carbons (Fsp3) is 0.485. The summed E-state index contributed by atoms with van der Waals surface area (Å²) in [5.41, 5.74) is 14.1. The Morgan fingerprint density at radius 2 is 0.973 bits per heavy atom. The van der Waals surface area contributed by atoms with Crippen LogP contribution in [-0.2, 0) is 36.1 Å². The van der Waals surface area contributed by atoms with Crippen LogP contribution in [0.2, 0.25) is 0 Å². The molecule has 398 valence electrons. The maximum Gasteiger partial charge on any atom is 0.495 e. The first-order valence-electron chi connectivity index (χ1n) is 27.6. The van der Waals surface area contributed by atoms with Gasteiger partial charge in [-0.25, -0.2) is 0 Å². The first kappa shape index (κ1) is 59.8. The number of aromatic nitrogens is 1. The number of nitrogens with zero attached hydrogens (tertiary/aromatic N) is 1. The molecule has 0 atom stereocenters. The summed E-state index contributed by atoms with van der Waals surface area (Å²) in [4.78, 5) is 16.1. The summed E-state index contributed by atoms with van der Waals surface area (Å²) in [6.45, 7) is 34.2. The molecule has 74 heavy (non-hydrogen) atoms. The molecule has 7 nitrogen and oxygen atoms in total. The van der Waals surface area contributed by atoms with Crippen LogP contribution >= 0.6 is 0 Å². The number of ether oxygens (including phenoxy) is 1. The van der Waals surface area contributed by atoms with Crippen LogP contribution in [0.25, 0.3) is 23.3 Å². The van der Waals surface area contributed by atoms with Crippen molar-refractivity contribution in [1.29, 1.82) is 0 Å². The van der Waals surface area contributed by atoms with Gasteiger partial charge in [-0.05, 0) is 179 Å². The zero-order valence-electron chi connectivity index (χ0n) is 48.4. The molecule has 0 radical (unpaired) electrons. The van der Waals surface area contributed by atoms with Crippen LogP contribution in [0.5, 0.6) is 0 Å². The van der Waals surface area contributed by atoms with Gasteiger partial charge in [-0.1, -0.05) is 158 Å². The number of esters is 1. The van der Waals surface area contributed by atoms with Crippen molar-refractivity contribution in [1.82, 2.24) is 4.98 Å². The third-order valence-electron chi connectivity index (χ3n) is 17.4. The zero-order valence-corrected chi connectivity index (χ0v) is 48.4. The second kappa shape index (κ2) is 24.7. The van der Waals surface area contributed by atoms with E-state index in [1.807, 2.05) is 52.1 Å². The molecular formula is C66H90BNO6. The lowest BCUT2D eigenvalue weighted by Gasteiger charge is -2.34. The second-order valence-electron chi connectivity index (χ2n) is 22.0. The van der Waals surface area contributed by atoms with Crippen molar-refractivity contribution in [2.24, 2.45) is 0 Å². The molecule has 1 aromatic heterocycles. The molecule has 0 spiro atoms. The number of hydrogen-bond acceptors (Lipinski definition) is 7. The Morgan fingerprint density at radius 1 is 0.568 bits per heavy atom. The minimum atomic E-state index is -0.755. The number of rotatable bonds is 20. The number of aliphatic hydroxyl groups is 2. The Kier molecular flexibility index (Phi) is 19.9. The maximum absolute atomic E-state index is 11.7. The number of benzene rings is 4. The van der Waals surface area contributed by atoms with E-state index in [0.29, 0.717) is 25.7 Å². The van der Waals surface area contributed by atoms with Crippen molar-refractivity contribution in [2.75, 3.05) is 7.11 Å². The lowest BCUT2D eigenvalue weighted by atomic mass is 9.68. The SMILES string of the molecule is CCC(O)(/C=C/c1ccc(C(CC)(CC)c2ccc(-c3cncc(CC(=O)OC)c3)c(C)c2)cc1C)CC.CCC(O)(/C=C/c1ccc(C(CC)(CC)c2ccc(B3OC(C)(C)C(C)(C)O3)c(C)c2)cc1C)CC. The highest BCUT2D eigenvalue weighted by Crippen LogP contribution is 2.43. The predicted molar refractivity (Wildman–Crippen MR) is 311 cm³/mol. The van der Waals surface area contributed by atoms with Gasteiger partial charge in [0.25, 0.3) is 0 Å². The fourth-order valence-electron chi connectivity index (χ4n) is 10.7. The van der Waals surface area contributed by atoms with E-state index in [9.17, 15) is 15.0 Å². The number of methoxy groups -OCH3 is 1. The van der Waals surface area contributed by atoms with Crippen LogP contribution in [-0.4, -0.2) is 57.8 Å². The summed E-state index contributed by atoms with van der Waals surface area (Å²) in [5, 5.41) is 21.3. The summed E-state index contributed by atoms with van der Waals surface area (Å²) in [6, 6.07) is 29.1. The van der Waals surface area contributed by atoms with E-state index < -0.39 is 11.2 Å². The van der Waals surface area contributed by atoms with E-state index in [4.69, 9.17) is 14.0 Å². The van der Waals surface area contributed by atoms with Gasteiger partial charge in [0.15, 0.2) is 0 Å². The van der Waals surface area contributed by atoms with E-state index in [2.05, 4.69) is 173 Å². The lowest BCUT2D eigenvalue weighted by Crippen LogP contribution is -2.41. The van der Waals surface area contributed by atoms with Crippen LogP contribution in [0.1, 0.15) is 196 Å². The van der Waals surface area contributed by atoms with Gasteiger partial charge in [-0.3, -0.25) is 9.78 Å². The van der Waals surface area contributed by atoms with Crippen molar-refractivity contribution in [3.05, 3.63) is 165 Å². The fourth-order valence-corrected chi connectivity index (χ4v) is 10.7. The molecule has 1 aliphatic heterocycles. The Hall–Kier alpha value is -5.12. The minimum absolute atomic E-state index is 0.0696. The third-order valence-corrected chi connectivity index (χ3v) is 17.4. The van der Waals surface area contributed by atoms with Gasteiger partial charge in [0.05, 0.1) is 35.9 Å². The highest BCUT2D eigenvalue weighted by Gasteiger charge is 2.52. The monoisotopic (exact) mass is 1000 g/mol. The number of aryl methyl sites for hydroxylation is 4. The largest absolute Gasteiger partial charge is 0.495 e. The van der Waals surface area contributed by atoms with Crippen LogP contribution in [0, 0.1) is 27.7 Å². The lowest BCUT2D eigenvalue weighted by molar-refractivity contribution is -0.139. The molecule has 2 N–H and O–H groups in total. The molecule has 0 aliphatic carbocycles. The van der Waals surface area contributed by atoms with E-state index in [-0.39, 0.29) is 41.5 Å². The van der Waals surface area contributed by atoms with Crippen LogP contribution < -0.4 is 5.46 Å². The van der Waals surface area contributed by atoms with Gasteiger partial charge < -0.3 is 24.3 Å². The van der Waals surface area contributed by atoms with Gasteiger partial charge >= 0.3 is 13.1 Å². The Bertz CT molecular complexity index is 2730. The first-order valence-corrected chi connectivity index (χ1v) is 27.6. The number of hydrogen-bond donors (Lipinski definition) is 2. The molecule has 6 rings (SSSR count). The van der Waals surface area contributed by atoms with Crippen LogP contribution in [0.4, 0.5) is 0 Å². The van der Waals surface area contributed by atoms with Gasteiger partial charge in [-0.2, -0.15) is 0 Å². The highest BCUT2D eigenvalue weighted by molar-refractivity contribution is 6.62. The molecule has 0 bridgehead atoms. The molecule has 1 saturated heterocycles. The highest BCUT2D eigenvalue weighted by atomic mass is 16.7. The van der Waals surface area contributed by atoms with E-state index in [1.54, 1.807) is 6.20 Å². The molecule has 1 aliphatic rings. The second-order valence-corrected chi connectivity index (χ2v) is 22.0. The Labute approximate surface area is 447 Å². The summed E-state index contributed by atoms with van der Waals surface area (Å²) in [7, 11) is 1.06. The molecule has 8 heteroatoms. The van der Waals surface area contributed by atoms with E-state index >= 15 is 0 Å². The van der Waals surface area contributed by atoms with Crippen molar-refractivity contribution < 1.29 is 29.1 Å². The molecule has 4 aromatic carbocycles. The molecule has 0 amide bonds. The molecule has 2 heterocycles. The summed E-state index contributed by atoms with van der Waals surface area (Å²) < 4.78 is 17.5. The Balaban J connectivity index is 0.000000274. The molecule has 5 aromatic rings. The summed E-state index contributed by atoms with van der Waals surface area (Å²) >= 11 is 0. The summed E-state index contributed by atoms with van der Waals surface area (Å²) in [6.07, 6.45) is 18.7. The third kappa shape index (κ3) is 12.9. The van der Waals surface area contributed by atoms with Crippen LogP contribution in [0.15, 0.2) is 103 Å². The van der Waals surface area contributed by atoms with Gasteiger partial charge in [0.1, 0.15) is 0 Å². The van der Waals surface area contributed by atoms with Gasteiger partial charge in [0.2, 0.25) is 0 Å².